The van der Waals surface area contributed by atoms with Crippen LogP contribution < -0.4 is 19.9 Å². The molecule has 3 aliphatic heterocycles. The number of nitrogens with zero attached hydrogens (tertiary/aromatic N) is 5. The van der Waals surface area contributed by atoms with E-state index < -0.39 is 0 Å². The molecule has 2 fully saturated rings. The molecule has 192 valence electrons. The third kappa shape index (κ3) is 4.88. The number of aromatic nitrogens is 2. The molecule has 2 saturated heterocycles. The van der Waals surface area contributed by atoms with Gasteiger partial charge in [0.1, 0.15) is 11.6 Å². The van der Waals surface area contributed by atoms with Crippen molar-refractivity contribution in [2.75, 3.05) is 67.2 Å². The number of hydrogen-bond donors (Lipinski definition) is 1. The number of pyridine rings is 2. The van der Waals surface area contributed by atoms with E-state index in [0.29, 0.717) is 24.7 Å². The summed E-state index contributed by atoms with van der Waals surface area (Å²) >= 11 is 1.50. The standard InChI is InChI=1S/C26H28N6O4S/c1-35-24-6-4-19-25(29-24)21(7-8-27-19)31-10-2-9-30(11-12-31)14-18-15-32(26(34)36-18)17-3-5-22-20(13-17)28-23(33)16-37-22/h3-8,13,18H,2,9-12,14-16H2,1H3,(H,28,33)/t18-/m0/s1. The van der Waals surface area contributed by atoms with Gasteiger partial charge >= 0.3 is 6.09 Å². The fraction of sp³-hybridized carbons (Fsp3) is 0.385. The van der Waals surface area contributed by atoms with Crippen LogP contribution in [0.2, 0.25) is 0 Å². The van der Waals surface area contributed by atoms with Crippen molar-refractivity contribution in [3.05, 3.63) is 42.6 Å². The number of hydrogen-bond acceptors (Lipinski definition) is 9. The van der Waals surface area contributed by atoms with Crippen LogP contribution in [0, 0.1) is 0 Å². The molecular formula is C26H28N6O4S. The van der Waals surface area contributed by atoms with Crippen LogP contribution in [0.3, 0.4) is 0 Å². The lowest BCUT2D eigenvalue weighted by Crippen LogP contribution is -2.37. The van der Waals surface area contributed by atoms with Gasteiger partial charge in [0.25, 0.3) is 0 Å². The summed E-state index contributed by atoms with van der Waals surface area (Å²) in [5.41, 5.74) is 4.23. The molecule has 0 unspecified atom stereocenters. The molecule has 6 rings (SSSR count). The van der Waals surface area contributed by atoms with Gasteiger partial charge in [-0.1, -0.05) is 0 Å². The quantitative estimate of drug-likeness (QED) is 0.544. The maximum absolute atomic E-state index is 12.7. The normalized spacial score (nSPS) is 20.4. The average molecular weight is 521 g/mol. The second-order valence-electron chi connectivity index (χ2n) is 9.33. The van der Waals surface area contributed by atoms with E-state index in [1.807, 2.05) is 42.6 Å². The Hall–Kier alpha value is -3.57. The average Bonchev–Trinajstić information content (AvgIpc) is 3.12. The van der Waals surface area contributed by atoms with E-state index in [2.05, 4.69) is 25.1 Å². The highest BCUT2D eigenvalue weighted by Gasteiger charge is 2.34. The third-order valence-corrected chi connectivity index (χ3v) is 7.99. The van der Waals surface area contributed by atoms with Crippen LogP contribution in [0.1, 0.15) is 6.42 Å². The van der Waals surface area contributed by atoms with Crippen LogP contribution in [0.25, 0.3) is 11.0 Å². The van der Waals surface area contributed by atoms with Crippen molar-refractivity contribution in [1.82, 2.24) is 14.9 Å². The van der Waals surface area contributed by atoms with E-state index in [1.165, 1.54) is 11.8 Å². The van der Waals surface area contributed by atoms with Gasteiger partial charge in [-0.05, 0) is 36.8 Å². The lowest BCUT2D eigenvalue weighted by atomic mass is 10.2. The van der Waals surface area contributed by atoms with Crippen molar-refractivity contribution in [3.63, 3.8) is 0 Å². The lowest BCUT2D eigenvalue weighted by Gasteiger charge is -2.25. The van der Waals surface area contributed by atoms with Crippen LogP contribution in [-0.4, -0.2) is 85.1 Å². The first-order valence-corrected chi connectivity index (χ1v) is 13.4. The molecule has 0 aliphatic carbocycles. The summed E-state index contributed by atoms with van der Waals surface area (Å²) in [6.45, 7) is 4.68. The Kier molecular flexibility index (Phi) is 6.47. The predicted octanol–water partition coefficient (Wildman–Crippen LogP) is 3.22. The number of methoxy groups -OCH3 is 1. The number of carbonyl (C=O) groups excluding carboxylic acids is 2. The predicted molar refractivity (Wildman–Crippen MR) is 143 cm³/mol. The van der Waals surface area contributed by atoms with Crippen LogP contribution in [0.15, 0.2) is 47.5 Å². The number of nitrogens with one attached hydrogen (secondary N) is 1. The summed E-state index contributed by atoms with van der Waals surface area (Å²) in [7, 11) is 1.62. The van der Waals surface area contributed by atoms with E-state index in [4.69, 9.17) is 9.47 Å². The van der Waals surface area contributed by atoms with Gasteiger partial charge in [-0.15, -0.1) is 11.8 Å². The molecule has 10 nitrogen and oxygen atoms in total. The van der Waals surface area contributed by atoms with Gasteiger partial charge in [0.15, 0.2) is 0 Å². The molecule has 5 heterocycles. The van der Waals surface area contributed by atoms with Crippen LogP contribution in [0.5, 0.6) is 5.88 Å². The Bertz CT molecular complexity index is 1350. The van der Waals surface area contributed by atoms with Gasteiger partial charge in [-0.25, -0.2) is 9.78 Å². The van der Waals surface area contributed by atoms with Gasteiger partial charge in [-0.3, -0.25) is 19.6 Å². The van der Waals surface area contributed by atoms with Crippen molar-refractivity contribution in [2.24, 2.45) is 0 Å². The number of carbonyl (C=O) groups is 2. The molecule has 0 spiro atoms. The number of thioether (sulfide) groups is 1. The van der Waals surface area contributed by atoms with E-state index >= 15 is 0 Å². The first-order valence-electron chi connectivity index (χ1n) is 12.4. The molecule has 2 aromatic heterocycles. The zero-order valence-electron chi connectivity index (χ0n) is 20.6. The third-order valence-electron chi connectivity index (χ3n) is 6.92. The molecule has 37 heavy (non-hydrogen) atoms. The minimum Gasteiger partial charge on any atom is -0.481 e. The van der Waals surface area contributed by atoms with Crippen molar-refractivity contribution in [2.45, 2.75) is 17.4 Å². The number of cyclic esters (lactones) is 1. The maximum atomic E-state index is 12.7. The van der Waals surface area contributed by atoms with Crippen LogP contribution >= 0.6 is 11.8 Å². The Morgan fingerprint density at radius 2 is 2.05 bits per heavy atom. The number of amides is 2. The zero-order chi connectivity index (χ0) is 25.4. The van der Waals surface area contributed by atoms with Crippen LogP contribution in [-0.2, 0) is 9.53 Å². The van der Waals surface area contributed by atoms with Gasteiger partial charge in [0.05, 0.1) is 36.3 Å². The molecule has 0 bridgehead atoms. The molecule has 0 radical (unpaired) electrons. The van der Waals surface area contributed by atoms with Gasteiger partial charge in [0, 0.05) is 55.6 Å². The van der Waals surface area contributed by atoms with Gasteiger partial charge in [0.2, 0.25) is 11.8 Å². The highest BCUT2D eigenvalue weighted by Crippen LogP contribution is 2.35. The monoisotopic (exact) mass is 520 g/mol. The summed E-state index contributed by atoms with van der Waals surface area (Å²) in [6, 6.07) is 11.5. The smallest absolute Gasteiger partial charge is 0.414 e. The summed E-state index contributed by atoms with van der Waals surface area (Å²) in [6.07, 6.45) is 2.25. The molecule has 11 heteroatoms. The van der Waals surface area contributed by atoms with E-state index in [1.54, 1.807) is 12.0 Å². The Balaban J connectivity index is 1.11. The molecule has 1 N–H and O–H groups in total. The molecule has 3 aromatic rings. The minimum atomic E-state index is -0.348. The van der Waals surface area contributed by atoms with E-state index in [0.717, 1.165) is 65.6 Å². The lowest BCUT2D eigenvalue weighted by molar-refractivity contribution is -0.113. The van der Waals surface area contributed by atoms with Crippen molar-refractivity contribution >= 4 is 51.9 Å². The minimum absolute atomic E-state index is 0.0265. The van der Waals surface area contributed by atoms with E-state index in [9.17, 15) is 9.59 Å². The number of ether oxygens (including phenoxy) is 2. The largest absolute Gasteiger partial charge is 0.481 e. The number of fused-ring (bicyclic) bond motifs is 2. The summed E-state index contributed by atoms with van der Waals surface area (Å²) in [5.74, 6) is 0.961. The summed E-state index contributed by atoms with van der Waals surface area (Å²) in [4.78, 5) is 41.0. The molecular weight excluding hydrogens is 492 g/mol. The highest BCUT2D eigenvalue weighted by molar-refractivity contribution is 8.00. The SMILES string of the molecule is COc1ccc2nccc(N3CCCN(C[C@H]4CN(c5ccc6c(c5)NC(=O)CS6)C(=O)O4)CC3)c2n1. The first-order chi connectivity index (χ1) is 18.1. The molecule has 1 aromatic carbocycles. The molecule has 0 saturated carbocycles. The Morgan fingerprint density at radius 1 is 1.14 bits per heavy atom. The topological polar surface area (TPSA) is 100 Å². The number of benzene rings is 1. The number of rotatable bonds is 5. The molecule has 1 atom stereocenters. The zero-order valence-corrected chi connectivity index (χ0v) is 21.4. The van der Waals surface area contributed by atoms with E-state index in [-0.39, 0.29) is 18.1 Å². The highest BCUT2D eigenvalue weighted by atomic mass is 32.2. The molecule has 2 amide bonds. The van der Waals surface area contributed by atoms with Crippen LogP contribution in [0.4, 0.5) is 21.9 Å². The second kappa shape index (κ2) is 10.1. The second-order valence-corrected chi connectivity index (χ2v) is 10.3. The van der Waals surface area contributed by atoms with Crippen molar-refractivity contribution in [1.29, 1.82) is 0 Å². The summed E-state index contributed by atoms with van der Waals surface area (Å²) in [5, 5.41) is 2.89. The van der Waals surface area contributed by atoms with Crippen molar-refractivity contribution < 1.29 is 19.1 Å². The Morgan fingerprint density at radius 3 is 2.95 bits per heavy atom. The van der Waals surface area contributed by atoms with Gasteiger partial charge in [-0.2, -0.15) is 0 Å². The molecule has 3 aliphatic rings. The van der Waals surface area contributed by atoms with Crippen molar-refractivity contribution in [3.8, 4) is 5.88 Å². The summed E-state index contributed by atoms with van der Waals surface area (Å²) < 4.78 is 11.1. The van der Waals surface area contributed by atoms with Gasteiger partial charge < -0.3 is 19.7 Å². The fourth-order valence-corrected chi connectivity index (χ4v) is 5.90. The first kappa shape index (κ1) is 23.8. The number of anilines is 3. The maximum Gasteiger partial charge on any atom is 0.414 e. The fourth-order valence-electron chi connectivity index (χ4n) is 5.11. The Labute approximate surface area is 218 Å².